The first-order chi connectivity index (χ1) is 11.2. The maximum absolute atomic E-state index is 10.7. The molecule has 0 saturated carbocycles. The summed E-state index contributed by atoms with van der Waals surface area (Å²) in [5, 5.41) is 11.3. The quantitative estimate of drug-likeness (QED) is 0.744. The van der Waals surface area contributed by atoms with Gasteiger partial charge in [0.2, 0.25) is 0 Å². The van der Waals surface area contributed by atoms with Crippen LogP contribution in [0.25, 0.3) is 11.3 Å². The lowest BCUT2D eigenvalue weighted by Crippen LogP contribution is -1.99. The molecule has 0 saturated heterocycles. The number of carboxylic acid groups (broad SMARTS) is 1. The fourth-order valence-corrected chi connectivity index (χ4v) is 2.91. The van der Waals surface area contributed by atoms with Crippen LogP contribution < -0.4 is 4.74 Å². The molecule has 23 heavy (non-hydrogen) atoms. The van der Waals surface area contributed by atoms with Crippen molar-refractivity contribution in [3.05, 3.63) is 70.5 Å². The molecule has 0 atom stereocenters. The van der Waals surface area contributed by atoms with Crippen molar-refractivity contribution in [2.24, 2.45) is 0 Å². The van der Waals surface area contributed by atoms with Crippen molar-refractivity contribution < 1.29 is 14.6 Å². The van der Waals surface area contributed by atoms with Crippen LogP contribution in [-0.2, 0) is 17.8 Å². The van der Waals surface area contributed by atoms with Gasteiger partial charge in [-0.3, -0.25) is 4.79 Å². The smallest absolute Gasteiger partial charge is 0.310 e. The summed E-state index contributed by atoms with van der Waals surface area (Å²) >= 11 is 1.36. The van der Waals surface area contributed by atoms with Crippen LogP contribution in [0.5, 0.6) is 5.75 Å². The molecule has 1 N–H and O–H groups in total. The van der Waals surface area contributed by atoms with Gasteiger partial charge in [-0.25, -0.2) is 4.98 Å². The molecular formula is C18H15NO3S. The van der Waals surface area contributed by atoms with Gasteiger partial charge in [-0.05, 0) is 29.8 Å². The van der Waals surface area contributed by atoms with Gasteiger partial charge >= 0.3 is 5.97 Å². The number of carbonyl (C=O) groups is 1. The van der Waals surface area contributed by atoms with Gasteiger partial charge in [-0.2, -0.15) is 0 Å². The van der Waals surface area contributed by atoms with E-state index in [1.807, 2.05) is 60.0 Å². The summed E-state index contributed by atoms with van der Waals surface area (Å²) in [6.45, 7) is 0.527. The molecule has 1 heterocycles. The van der Waals surface area contributed by atoms with Crippen LogP contribution in [0.2, 0.25) is 0 Å². The fraction of sp³-hybridized carbons (Fsp3) is 0.111. The highest BCUT2D eigenvalue weighted by molar-refractivity contribution is 7.10. The molecule has 0 aliphatic carbocycles. The number of carboxylic acids is 1. The molecule has 4 nitrogen and oxygen atoms in total. The van der Waals surface area contributed by atoms with Crippen LogP contribution in [0.15, 0.2) is 60.0 Å². The standard InChI is InChI=1S/C18H15NO3S/c20-18(21)10-17-19-16(12-23-17)14-6-8-15(9-7-14)22-11-13-4-2-1-3-5-13/h1-9,12H,10-11H2,(H,20,21). The first kappa shape index (κ1) is 15.2. The van der Waals surface area contributed by atoms with Crippen molar-refractivity contribution in [3.8, 4) is 17.0 Å². The maximum atomic E-state index is 10.7. The van der Waals surface area contributed by atoms with Crippen LogP contribution in [-0.4, -0.2) is 16.1 Å². The Morgan fingerprint density at radius 3 is 2.52 bits per heavy atom. The fourth-order valence-electron chi connectivity index (χ4n) is 2.12. The number of hydrogen-bond donors (Lipinski definition) is 1. The zero-order valence-corrected chi connectivity index (χ0v) is 13.1. The van der Waals surface area contributed by atoms with E-state index >= 15 is 0 Å². The van der Waals surface area contributed by atoms with E-state index < -0.39 is 5.97 Å². The highest BCUT2D eigenvalue weighted by atomic mass is 32.1. The normalized spacial score (nSPS) is 10.4. The lowest BCUT2D eigenvalue weighted by Gasteiger charge is -2.06. The second kappa shape index (κ2) is 7.07. The molecule has 0 bridgehead atoms. The van der Waals surface area contributed by atoms with E-state index in [4.69, 9.17) is 9.84 Å². The number of rotatable bonds is 6. The Morgan fingerprint density at radius 1 is 1.09 bits per heavy atom. The average molecular weight is 325 g/mol. The summed E-state index contributed by atoms with van der Waals surface area (Å²) in [4.78, 5) is 15.0. The predicted octanol–water partition coefficient (Wildman–Crippen LogP) is 4.02. The van der Waals surface area contributed by atoms with E-state index in [2.05, 4.69) is 4.98 Å². The zero-order valence-electron chi connectivity index (χ0n) is 12.3. The molecule has 0 aliphatic rings. The van der Waals surface area contributed by atoms with Crippen LogP contribution in [0.4, 0.5) is 0 Å². The lowest BCUT2D eigenvalue weighted by molar-refractivity contribution is -0.136. The number of thiazole rings is 1. The Hall–Kier alpha value is -2.66. The van der Waals surface area contributed by atoms with Crippen molar-refractivity contribution in [2.45, 2.75) is 13.0 Å². The van der Waals surface area contributed by atoms with Crippen molar-refractivity contribution >= 4 is 17.3 Å². The summed E-state index contributed by atoms with van der Waals surface area (Å²) in [5.74, 6) is -0.0749. The number of hydrogen-bond acceptors (Lipinski definition) is 4. The first-order valence-corrected chi connectivity index (χ1v) is 8.02. The monoisotopic (exact) mass is 325 g/mol. The molecule has 0 aliphatic heterocycles. The molecule has 0 fully saturated rings. The van der Waals surface area contributed by atoms with E-state index in [1.165, 1.54) is 11.3 Å². The number of nitrogens with zero attached hydrogens (tertiary/aromatic N) is 1. The lowest BCUT2D eigenvalue weighted by atomic mass is 10.2. The molecule has 3 rings (SSSR count). The molecule has 0 amide bonds. The van der Waals surface area contributed by atoms with Gasteiger partial charge in [-0.1, -0.05) is 30.3 Å². The van der Waals surface area contributed by atoms with Gasteiger partial charge in [0.05, 0.1) is 12.1 Å². The molecule has 2 aromatic carbocycles. The Kier molecular flexibility index (Phi) is 4.68. The molecule has 3 aromatic rings. The Morgan fingerprint density at radius 2 is 1.83 bits per heavy atom. The van der Waals surface area contributed by atoms with Crippen LogP contribution in [0, 0.1) is 0 Å². The number of ether oxygens (including phenoxy) is 1. The molecule has 5 heteroatoms. The van der Waals surface area contributed by atoms with E-state index in [9.17, 15) is 4.79 Å². The Labute approximate surface area is 138 Å². The third-order valence-electron chi connectivity index (χ3n) is 3.25. The minimum Gasteiger partial charge on any atom is -0.489 e. The topological polar surface area (TPSA) is 59.4 Å². The summed E-state index contributed by atoms with van der Waals surface area (Å²) in [6.07, 6.45) is -0.0388. The number of aromatic nitrogens is 1. The molecule has 1 aromatic heterocycles. The zero-order chi connectivity index (χ0) is 16.1. The third kappa shape index (κ3) is 4.17. The van der Waals surface area contributed by atoms with Gasteiger partial charge < -0.3 is 9.84 Å². The molecule has 0 unspecified atom stereocenters. The number of aliphatic carboxylic acids is 1. The van der Waals surface area contributed by atoms with Crippen molar-refractivity contribution in [1.82, 2.24) is 4.98 Å². The van der Waals surface area contributed by atoms with Gasteiger partial charge in [0, 0.05) is 10.9 Å². The SMILES string of the molecule is O=C(O)Cc1nc(-c2ccc(OCc3ccccc3)cc2)cs1. The molecule has 0 spiro atoms. The van der Waals surface area contributed by atoms with Crippen LogP contribution >= 0.6 is 11.3 Å². The minimum absolute atomic E-state index is 0.0388. The van der Waals surface area contributed by atoms with E-state index in [1.54, 1.807) is 0 Å². The minimum atomic E-state index is -0.865. The molecule has 116 valence electrons. The highest BCUT2D eigenvalue weighted by Gasteiger charge is 2.08. The van der Waals surface area contributed by atoms with Crippen molar-refractivity contribution in [1.29, 1.82) is 0 Å². The van der Waals surface area contributed by atoms with E-state index in [0.29, 0.717) is 11.6 Å². The summed E-state index contributed by atoms with van der Waals surface area (Å²) in [7, 11) is 0. The van der Waals surface area contributed by atoms with Crippen molar-refractivity contribution in [3.63, 3.8) is 0 Å². The Balaban J connectivity index is 1.64. The van der Waals surface area contributed by atoms with Gasteiger partial charge in [0.15, 0.2) is 0 Å². The second-order valence-electron chi connectivity index (χ2n) is 5.00. The third-order valence-corrected chi connectivity index (χ3v) is 4.10. The number of benzene rings is 2. The van der Waals surface area contributed by atoms with E-state index in [0.717, 1.165) is 22.6 Å². The van der Waals surface area contributed by atoms with E-state index in [-0.39, 0.29) is 6.42 Å². The maximum Gasteiger partial charge on any atom is 0.310 e. The highest BCUT2D eigenvalue weighted by Crippen LogP contribution is 2.24. The second-order valence-corrected chi connectivity index (χ2v) is 5.94. The Bertz CT molecular complexity index is 782. The molecule has 0 radical (unpaired) electrons. The summed E-state index contributed by atoms with van der Waals surface area (Å²) < 4.78 is 5.75. The van der Waals surface area contributed by atoms with Gasteiger partial charge in [0.25, 0.3) is 0 Å². The van der Waals surface area contributed by atoms with Crippen LogP contribution in [0.3, 0.4) is 0 Å². The predicted molar refractivity (Wildman–Crippen MR) is 89.7 cm³/mol. The van der Waals surface area contributed by atoms with Gasteiger partial charge in [0.1, 0.15) is 17.4 Å². The summed E-state index contributed by atoms with van der Waals surface area (Å²) in [5.41, 5.74) is 2.86. The molecular weight excluding hydrogens is 310 g/mol. The average Bonchev–Trinajstić information content (AvgIpc) is 3.02. The largest absolute Gasteiger partial charge is 0.489 e. The van der Waals surface area contributed by atoms with Crippen molar-refractivity contribution in [2.75, 3.05) is 0 Å². The van der Waals surface area contributed by atoms with Crippen LogP contribution in [0.1, 0.15) is 10.6 Å². The van der Waals surface area contributed by atoms with Gasteiger partial charge in [-0.15, -0.1) is 11.3 Å². The summed E-state index contributed by atoms with van der Waals surface area (Å²) in [6, 6.07) is 17.6. The first-order valence-electron chi connectivity index (χ1n) is 7.14.